The van der Waals surface area contributed by atoms with Crippen molar-refractivity contribution in [3.8, 4) is 0 Å². The Kier molecular flexibility index (Phi) is 3.54. The predicted octanol–water partition coefficient (Wildman–Crippen LogP) is 3.08. The van der Waals surface area contributed by atoms with Crippen molar-refractivity contribution in [3.63, 3.8) is 0 Å². The lowest BCUT2D eigenvalue weighted by atomic mass is 10.0. The van der Waals surface area contributed by atoms with Crippen molar-refractivity contribution in [3.05, 3.63) is 30.0 Å². The van der Waals surface area contributed by atoms with Crippen LogP contribution in [0.1, 0.15) is 25.3 Å². The van der Waals surface area contributed by atoms with Crippen LogP contribution in [0.25, 0.3) is 10.9 Å². The molecule has 0 radical (unpaired) electrons. The van der Waals surface area contributed by atoms with Crippen molar-refractivity contribution in [2.75, 3.05) is 0 Å². The summed E-state index contributed by atoms with van der Waals surface area (Å²) in [5.41, 5.74) is 1.72. The highest BCUT2D eigenvalue weighted by atomic mass is 19.4. The van der Waals surface area contributed by atoms with Crippen LogP contribution in [0.4, 0.5) is 13.2 Å². The first kappa shape index (κ1) is 13.9. The Morgan fingerprint density at radius 2 is 2.00 bits per heavy atom. The molecule has 0 amide bonds. The molecule has 0 spiro atoms. The van der Waals surface area contributed by atoms with Gasteiger partial charge in [0.05, 0.1) is 12.1 Å². The second kappa shape index (κ2) is 4.85. The number of aliphatic hydroxyl groups excluding tert-OH is 1. The second-order valence-corrected chi connectivity index (χ2v) is 4.88. The van der Waals surface area contributed by atoms with E-state index in [9.17, 15) is 13.2 Å². The number of fused-ring (bicyclic) bond motifs is 1. The Labute approximate surface area is 108 Å². The molecule has 0 aliphatic rings. The Hall–Kier alpha value is -1.56. The molecule has 1 N–H and O–H groups in total. The molecular formula is C13H15F3N2O. The molecule has 3 nitrogen and oxygen atoms in total. The zero-order valence-corrected chi connectivity index (χ0v) is 10.6. The van der Waals surface area contributed by atoms with Crippen LogP contribution in [0, 0.1) is 0 Å². The number of aliphatic hydroxyl groups is 1. The van der Waals surface area contributed by atoms with E-state index in [4.69, 9.17) is 5.11 Å². The molecule has 19 heavy (non-hydrogen) atoms. The third-order valence-electron chi connectivity index (χ3n) is 2.98. The summed E-state index contributed by atoms with van der Waals surface area (Å²) in [6.45, 7) is 3.49. The van der Waals surface area contributed by atoms with Crippen LogP contribution >= 0.6 is 0 Å². The zero-order valence-electron chi connectivity index (χ0n) is 10.6. The molecule has 2 rings (SSSR count). The number of nitrogens with zero attached hydrogens (tertiary/aromatic N) is 2. The summed E-state index contributed by atoms with van der Waals surface area (Å²) in [4.78, 5) is 0. The van der Waals surface area contributed by atoms with Gasteiger partial charge in [0, 0.05) is 11.6 Å². The minimum absolute atomic E-state index is 0.341. The Balaban J connectivity index is 2.27. The van der Waals surface area contributed by atoms with Crippen LogP contribution in [-0.2, 0) is 6.54 Å². The molecule has 6 heteroatoms. The van der Waals surface area contributed by atoms with E-state index in [2.05, 4.69) is 5.10 Å². The standard InChI is InChI=1S/C13H15F3N2O/c1-8(2)9-3-4-11-10(5-9)6-18(17-11)7-12(19)13(14,15)16/h3-6,8,12,19H,7H2,1-2H3/t12-/m0/s1. The first-order chi connectivity index (χ1) is 8.77. The van der Waals surface area contributed by atoms with E-state index in [1.807, 2.05) is 26.0 Å². The smallest absolute Gasteiger partial charge is 0.382 e. The van der Waals surface area contributed by atoms with E-state index in [0.717, 1.165) is 15.6 Å². The van der Waals surface area contributed by atoms with Crippen LogP contribution in [0.2, 0.25) is 0 Å². The molecule has 0 unspecified atom stereocenters. The highest BCUT2D eigenvalue weighted by molar-refractivity contribution is 5.78. The van der Waals surface area contributed by atoms with Gasteiger partial charge in [0.2, 0.25) is 0 Å². The van der Waals surface area contributed by atoms with Crippen molar-refractivity contribution < 1.29 is 18.3 Å². The van der Waals surface area contributed by atoms with Crippen molar-refractivity contribution in [1.29, 1.82) is 0 Å². The van der Waals surface area contributed by atoms with Crippen LogP contribution in [0.3, 0.4) is 0 Å². The number of hydrogen-bond acceptors (Lipinski definition) is 2. The molecule has 1 aromatic carbocycles. The van der Waals surface area contributed by atoms with Gasteiger partial charge >= 0.3 is 6.18 Å². The second-order valence-electron chi connectivity index (χ2n) is 4.88. The molecule has 0 saturated heterocycles. The van der Waals surface area contributed by atoms with Crippen LogP contribution < -0.4 is 0 Å². The van der Waals surface area contributed by atoms with Crippen LogP contribution in [0.15, 0.2) is 24.4 Å². The minimum Gasteiger partial charge on any atom is -0.382 e. The molecule has 1 heterocycles. The topological polar surface area (TPSA) is 38.0 Å². The van der Waals surface area contributed by atoms with Gasteiger partial charge < -0.3 is 5.11 Å². The van der Waals surface area contributed by atoms with E-state index in [1.165, 1.54) is 6.20 Å². The van der Waals surface area contributed by atoms with E-state index in [0.29, 0.717) is 11.4 Å². The number of halogens is 3. The van der Waals surface area contributed by atoms with E-state index >= 15 is 0 Å². The van der Waals surface area contributed by atoms with E-state index in [1.54, 1.807) is 6.07 Å². The number of rotatable bonds is 3. The molecular weight excluding hydrogens is 257 g/mol. The molecule has 1 aromatic heterocycles. The van der Waals surface area contributed by atoms with Gasteiger partial charge in [-0.05, 0) is 23.6 Å². The normalized spacial score (nSPS) is 14.3. The zero-order chi connectivity index (χ0) is 14.2. The number of aromatic nitrogens is 2. The summed E-state index contributed by atoms with van der Waals surface area (Å²) in [5.74, 6) is 0.341. The van der Waals surface area contributed by atoms with Gasteiger partial charge in [-0.3, -0.25) is 4.68 Å². The van der Waals surface area contributed by atoms with Gasteiger partial charge in [0.15, 0.2) is 6.10 Å². The summed E-state index contributed by atoms with van der Waals surface area (Å²) in [6, 6.07) is 5.59. The fourth-order valence-corrected chi connectivity index (χ4v) is 1.83. The third-order valence-corrected chi connectivity index (χ3v) is 2.98. The third kappa shape index (κ3) is 3.07. The van der Waals surface area contributed by atoms with Gasteiger partial charge in [-0.2, -0.15) is 18.3 Å². The van der Waals surface area contributed by atoms with Crippen LogP contribution in [0.5, 0.6) is 0 Å². The number of hydrogen-bond donors (Lipinski definition) is 1. The lowest BCUT2D eigenvalue weighted by Crippen LogP contribution is -2.32. The first-order valence-electron chi connectivity index (χ1n) is 5.99. The van der Waals surface area contributed by atoms with E-state index < -0.39 is 18.8 Å². The molecule has 0 fully saturated rings. The Morgan fingerprint density at radius 1 is 1.32 bits per heavy atom. The maximum absolute atomic E-state index is 12.3. The fourth-order valence-electron chi connectivity index (χ4n) is 1.83. The van der Waals surface area contributed by atoms with Gasteiger partial charge in [-0.15, -0.1) is 0 Å². The molecule has 0 bridgehead atoms. The van der Waals surface area contributed by atoms with Gasteiger partial charge in [0.25, 0.3) is 0 Å². The SMILES string of the molecule is CC(C)c1ccc2nn(C[C@H](O)C(F)(F)F)cc2c1. The van der Waals surface area contributed by atoms with Gasteiger partial charge in [-0.1, -0.05) is 19.9 Å². The Morgan fingerprint density at radius 3 is 2.58 bits per heavy atom. The van der Waals surface area contributed by atoms with Crippen molar-refractivity contribution >= 4 is 10.9 Å². The summed E-state index contributed by atoms with van der Waals surface area (Å²) < 4.78 is 37.9. The first-order valence-corrected chi connectivity index (χ1v) is 5.99. The maximum Gasteiger partial charge on any atom is 0.416 e. The van der Waals surface area contributed by atoms with Gasteiger partial charge in [-0.25, -0.2) is 0 Å². The lowest BCUT2D eigenvalue weighted by molar-refractivity contribution is -0.207. The average molecular weight is 272 g/mol. The summed E-state index contributed by atoms with van der Waals surface area (Å²) in [6.07, 6.45) is -5.50. The Bertz CT molecular complexity index is 575. The maximum atomic E-state index is 12.3. The molecule has 1 atom stereocenters. The summed E-state index contributed by atoms with van der Waals surface area (Å²) >= 11 is 0. The molecule has 0 aliphatic heterocycles. The fraction of sp³-hybridized carbons (Fsp3) is 0.462. The van der Waals surface area contributed by atoms with Crippen molar-refractivity contribution in [1.82, 2.24) is 9.78 Å². The highest BCUT2D eigenvalue weighted by Gasteiger charge is 2.38. The van der Waals surface area contributed by atoms with Crippen LogP contribution in [-0.4, -0.2) is 27.2 Å². The lowest BCUT2D eigenvalue weighted by Gasteiger charge is -2.13. The summed E-state index contributed by atoms with van der Waals surface area (Å²) in [7, 11) is 0. The molecule has 2 aromatic rings. The number of alkyl halides is 3. The molecule has 0 aliphatic carbocycles. The monoisotopic (exact) mass is 272 g/mol. The predicted molar refractivity (Wildman–Crippen MR) is 65.9 cm³/mol. The van der Waals surface area contributed by atoms with Gasteiger partial charge in [0.1, 0.15) is 0 Å². The average Bonchev–Trinajstić information content (AvgIpc) is 2.68. The van der Waals surface area contributed by atoms with Crippen molar-refractivity contribution in [2.45, 2.75) is 38.6 Å². The molecule has 0 saturated carbocycles. The number of benzene rings is 1. The molecule has 104 valence electrons. The highest BCUT2D eigenvalue weighted by Crippen LogP contribution is 2.23. The summed E-state index contributed by atoms with van der Waals surface area (Å²) in [5, 5.41) is 13.8. The quantitative estimate of drug-likeness (QED) is 0.932. The minimum atomic E-state index is -4.62. The largest absolute Gasteiger partial charge is 0.416 e. The van der Waals surface area contributed by atoms with E-state index in [-0.39, 0.29) is 0 Å². The van der Waals surface area contributed by atoms with Crippen molar-refractivity contribution in [2.24, 2.45) is 0 Å².